The van der Waals surface area contributed by atoms with Crippen LogP contribution in [-0.2, 0) is 4.74 Å². The monoisotopic (exact) mass is 302 g/mol. The van der Waals surface area contributed by atoms with E-state index in [9.17, 15) is 14.7 Å². The van der Waals surface area contributed by atoms with Gasteiger partial charge < -0.3 is 26.0 Å². The fourth-order valence-electron chi connectivity index (χ4n) is 1.74. The molecule has 0 heterocycles. The van der Waals surface area contributed by atoms with Crippen molar-refractivity contribution >= 4 is 23.3 Å². The van der Waals surface area contributed by atoms with Gasteiger partial charge in [-0.2, -0.15) is 0 Å². The van der Waals surface area contributed by atoms with Crippen molar-refractivity contribution in [3.63, 3.8) is 0 Å². The third-order valence-corrected chi connectivity index (χ3v) is 2.91. The van der Waals surface area contributed by atoms with Crippen LogP contribution in [0.4, 0.5) is 11.4 Å². The number of ether oxygens (including phenoxy) is 2. The van der Waals surface area contributed by atoms with Gasteiger partial charge in [-0.05, 0) is 36.4 Å². The largest absolute Gasteiger partial charge is 0.506 e. The maximum Gasteiger partial charge on any atom is 0.346 e. The van der Waals surface area contributed by atoms with Gasteiger partial charge in [0.2, 0.25) is 0 Å². The lowest BCUT2D eigenvalue weighted by Crippen LogP contribution is -2.13. The minimum Gasteiger partial charge on any atom is -0.506 e. The third kappa shape index (κ3) is 3.09. The lowest BCUT2D eigenvalue weighted by atomic mass is 10.1. The van der Waals surface area contributed by atoms with Gasteiger partial charge in [0.25, 0.3) is 0 Å². The maximum atomic E-state index is 11.9. The van der Waals surface area contributed by atoms with Crippen molar-refractivity contribution in [1.82, 2.24) is 0 Å². The number of phenols is 1. The molecule has 0 aromatic heterocycles. The number of methoxy groups -OCH3 is 1. The van der Waals surface area contributed by atoms with Crippen LogP contribution in [0.1, 0.15) is 20.7 Å². The van der Waals surface area contributed by atoms with E-state index in [1.165, 1.54) is 43.5 Å². The van der Waals surface area contributed by atoms with Crippen molar-refractivity contribution in [2.24, 2.45) is 0 Å². The highest BCUT2D eigenvalue weighted by Crippen LogP contribution is 2.23. The van der Waals surface area contributed by atoms with E-state index in [2.05, 4.69) is 0 Å². The lowest BCUT2D eigenvalue weighted by Gasteiger charge is -2.07. The van der Waals surface area contributed by atoms with Crippen LogP contribution < -0.4 is 16.2 Å². The summed E-state index contributed by atoms with van der Waals surface area (Å²) < 4.78 is 9.71. The molecule has 2 aromatic rings. The summed E-state index contributed by atoms with van der Waals surface area (Å²) >= 11 is 0. The molecule has 7 heteroatoms. The molecule has 0 atom stereocenters. The average Bonchev–Trinajstić information content (AvgIpc) is 2.49. The molecule has 0 radical (unpaired) electrons. The number of esters is 2. The number of hydrogen-bond acceptors (Lipinski definition) is 7. The highest BCUT2D eigenvalue weighted by Gasteiger charge is 2.17. The quantitative estimate of drug-likeness (QED) is 0.340. The van der Waals surface area contributed by atoms with Crippen LogP contribution in [0.5, 0.6) is 11.5 Å². The van der Waals surface area contributed by atoms with Gasteiger partial charge in [-0.1, -0.05) is 0 Å². The van der Waals surface area contributed by atoms with E-state index >= 15 is 0 Å². The van der Waals surface area contributed by atoms with E-state index in [1.54, 1.807) is 0 Å². The first-order chi connectivity index (χ1) is 10.4. The smallest absolute Gasteiger partial charge is 0.346 e. The summed E-state index contributed by atoms with van der Waals surface area (Å²) in [6.45, 7) is 0. The summed E-state index contributed by atoms with van der Waals surface area (Å²) in [6.07, 6.45) is 0. The molecule has 22 heavy (non-hydrogen) atoms. The van der Waals surface area contributed by atoms with E-state index in [0.29, 0.717) is 5.75 Å². The molecule has 0 fully saturated rings. The number of phenolic OH excluding ortho intramolecular Hbond substituents is 1. The first-order valence-corrected chi connectivity index (χ1v) is 6.21. The van der Waals surface area contributed by atoms with E-state index in [4.69, 9.17) is 20.9 Å². The predicted octanol–water partition coefficient (Wildman–Crippen LogP) is 1.56. The third-order valence-electron chi connectivity index (χ3n) is 2.91. The van der Waals surface area contributed by atoms with Crippen LogP contribution in [0, 0.1) is 0 Å². The van der Waals surface area contributed by atoms with Gasteiger partial charge in [0.05, 0.1) is 29.6 Å². The molecule has 0 saturated heterocycles. The molecule has 114 valence electrons. The van der Waals surface area contributed by atoms with Crippen LogP contribution in [0.15, 0.2) is 36.4 Å². The summed E-state index contributed by atoms with van der Waals surface area (Å²) in [5.74, 6) is -1.49. The Morgan fingerprint density at radius 2 is 1.50 bits per heavy atom. The zero-order valence-electron chi connectivity index (χ0n) is 11.7. The SMILES string of the molecule is COc1ccc(C(=O)OC(=O)c2ccc(O)c(N)c2)cc1N. The summed E-state index contributed by atoms with van der Waals surface area (Å²) in [7, 11) is 1.45. The van der Waals surface area contributed by atoms with Crippen LogP contribution in [0.3, 0.4) is 0 Å². The highest BCUT2D eigenvalue weighted by atomic mass is 16.6. The fourth-order valence-corrected chi connectivity index (χ4v) is 1.74. The summed E-state index contributed by atoms with van der Waals surface area (Å²) in [5, 5.41) is 9.30. The molecule has 0 bridgehead atoms. The number of carbonyl (C=O) groups excluding carboxylic acids is 2. The van der Waals surface area contributed by atoms with Gasteiger partial charge in [0, 0.05) is 0 Å². The average molecular weight is 302 g/mol. The number of benzene rings is 2. The molecule has 0 aliphatic rings. The van der Waals surface area contributed by atoms with Gasteiger partial charge in [0.1, 0.15) is 11.5 Å². The second kappa shape index (κ2) is 6.04. The number of nitrogens with two attached hydrogens (primary N) is 2. The Hall–Kier alpha value is -3.22. The van der Waals surface area contributed by atoms with E-state index in [1.807, 2.05) is 0 Å². The van der Waals surface area contributed by atoms with Crippen LogP contribution in [0.2, 0.25) is 0 Å². The Kier molecular flexibility index (Phi) is 4.17. The number of anilines is 2. The van der Waals surface area contributed by atoms with Gasteiger partial charge in [0.15, 0.2) is 0 Å². The molecule has 0 spiro atoms. The van der Waals surface area contributed by atoms with Crippen molar-refractivity contribution < 1.29 is 24.2 Å². The number of carbonyl (C=O) groups is 2. The molecule has 7 nitrogen and oxygen atoms in total. The first kappa shape index (κ1) is 15.2. The van der Waals surface area contributed by atoms with Gasteiger partial charge in [-0.3, -0.25) is 0 Å². The van der Waals surface area contributed by atoms with Crippen molar-refractivity contribution in [2.75, 3.05) is 18.6 Å². The Balaban J connectivity index is 2.15. The van der Waals surface area contributed by atoms with Gasteiger partial charge >= 0.3 is 11.9 Å². The first-order valence-electron chi connectivity index (χ1n) is 6.21. The highest BCUT2D eigenvalue weighted by molar-refractivity contribution is 6.03. The zero-order valence-corrected chi connectivity index (χ0v) is 11.7. The lowest BCUT2D eigenvalue weighted by molar-refractivity contribution is 0.0398. The summed E-state index contributed by atoms with van der Waals surface area (Å²) in [5.41, 5.74) is 11.6. The molecular formula is C15H14N2O5. The molecule has 5 N–H and O–H groups in total. The van der Waals surface area contributed by atoms with Crippen molar-refractivity contribution in [1.29, 1.82) is 0 Å². The van der Waals surface area contributed by atoms with Crippen molar-refractivity contribution in [3.05, 3.63) is 47.5 Å². The van der Waals surface area contributed by atoms with Crippen LogP contribution in [0.25, 0.3) is 0 Å². The molecule has 0 aliphatic heterocycles. The molecule has 0 saturated carbocycles. The van der Waals surface area contributed by atoms with Crippen molar-refractivity contribution in [2.45, 2.75) is 0 Å². The van der Waals surface area contributed by atoms with Crippen LogP contribution >= 0.6 is 0 Å². The Bertz CT molecular complexity index is 743. The minimum atomic E-state index is -0.883. The van der Waals surface area contributed by atoms with Gasteiger partial charge in [-0.25, -0.2) is 9.59 Å². The number of rotatable bonds is 3. The fraction of sp³-hybridized carbons (Fsp3) is 0.0667. The Labute approximate surface area is 126 Å². The topological polar surface area (TPSA) is 125 Å². The van der Waals surface area contributed by atoms with E-state index in [-0.39, 0.29) is 28.3 Å². The second-order valence-corrected chi connectivity index (χ2v) is 4.41. The molecule has 0 aliphatic carbocycles. The van der Waals surface area contributed by atoms with E-state index in [0.717, 1.165) is 0 Å². The van der Waals surface area contributed by atoms with Gasteiger partial charge in [-0.15, -0.1) is 0 Å². The standard InChI is InChI=1S/C15H14N2O5/c1-21-13-5-3-9(7-11(13)17)15(20)22-14(19)8-2-4-12(18)10(16)6-8/h2-7,18H,16-17H2,1H3. The number of aromatic hydroxyl groups is 1. The minimum absolute atomic E-state index is 0.00981. The maximum absolute atomic E-state index is 11.9. The van der Waals surface area contributed by atoms with E-state index < -0.39 is 11.9 Å². The normalized spacial score (nSPS) is 10.0. The number of nitrogen functional groups attached to an aromatic ring is 2. The molecule has 2 rings (SSSR count). The molecule has 0 unspecified atom stereocenters. The molecule has 2 aromatic carbocycles. The predicted molar refractivity (Wildman–Crippen MR) is 79.7 cm³/mol. The Morgan fingerprint density at radius 1 is 0.955 bits per heavy atom. The van der Waals surface area contributed by atoms with Crippen LogP contribution in [-0.4, -0.2) is 24.2 Å². The zero-order chi connectivity index (χ0) is 16.3. The summed E-state index contributed by atoms with van der Waals surface area (Å²) in [6, 6.07) is 8.02. The second-order valence-electron chi connectivity index (χ2n) is 4.41. The molecule has 0 amide bonds. The summed E-state index contributed by atoms with van der Waals surface area (Å²) in [4.78, 5) is 23.8. The molecular weight excluding hydrogens is 288 g/mol. The Morgan fingerprint density at radius 3 is 2.00 bits per heavy atom. The van der Waals surface area contributed by atoms with Crippen molar-refractivity contribution in [3.8, 4) is 11.5 Å². The number of hydrogen-bond donors (Lipinski definition) is 3.